The van der Waals surface area contributed by atoms with E-state index in [4.69, 9.17) is 10.5 Å². The van der Waals surface area contributed by atoms with E-state index >= 15 is 0 Å². The minimum Gasteiger partial charge on any atom is -0.467 e. The molecule has 0 spiro atoms. The highest BCUT2D eigenvalue weighted by molar-refractivity contribution is 5.92. The van der Waals surface area contributed by atoms with Crippen molar-refractivity contribution in [3.05, 3.63) is 47.5 Å². The van der Waals surface area contributed by atoms with Gasteiger partial charge in [0.2, 0.25) is 17.7 Å². The first kappa shape index (κ1) is 35.0. The molecule has 3 amide bonds. The molecule has 6 atom stereocenters. The predicted octanol–water partition coefficient (Wildman–Crippen LogP) is 2.17. The summed E-state index contributed by atoms with van der Waals surface area (Å²) in [6.07, 6.45) is 3.68. The molecule has 0 aromatic heterocycles. The van der Waals surface area contributed by atoms with Crippen LogP contribution in [0.4, 0.5) is 0 Å². The van der Waals surface area contributed by atoms with E-state index in [0.29, 0.717) is 19.5 Å². The average molecular weight is 586 g/mol. The van der Waals surface area contributed by atoms with Gasteiger partial charge in [-0.15, -0.1) is 0 Å². The molecular weight excluding hydrogens is 534 g/mol. The third kappa shape index (κ3) is 10.2. The largest absolute Gasteiger partial charge is 0.467 e. The van der Waals surface area contributed by atoms with Gasteiger partial charge in [-0.3, -0.25) is 19.3 Å². The lowest BCUT2D eigenvalue weighted by molar-refractivity contribution is -0.147. The first-order chi connectivity index (χ1) is 19.7. The van der Waals surface area contributed by atoms with Crippen LogP contribution in [0.15, 0.2) is 42.0 Å². The van der Waals surface area contributed by atoms with Crippen molar-refractivity contribution in [1.29, 1.82) is 0 Å². The number of amides is 3. The number of esters is 1. The molecule has 10 nitrogen and oxygen atoms in total. The maximum Gasteiger partial charge on any atom is 0.328 e. The highest BCUT2D eigenvalue weighted by atomic mass is 16.5. The summed E-state index contributed by atoms with van der Waals surface area (Å²) in [6, 6.07) is 7.25. The molecule has 1 aromatic carbocycles. The number of rotatable bonds is 13. The lowest BCUT2D eigenvalue weighted by Crippen LogP contribution is -2.58. The third-order valence-electron chi connectivity index (χ3n) is 7.87. The SMILES string of the molecule is COC(=O)[C@@H](NC(=O)[C@@H](NC(=O)C(C)N1CCC(C(C)NC(=O)[C@H](C)N)=CC(Cc2ccccc2)C1)C(C)C)C(C)C. The van der Waals surface area contributed by atoms with E-state index in [0.717, 1.165) is 12.0 Å². The smallest absolute Gasteiger partial charge is 0.328 e. The summed E-state index contributed by atoms with van der Waals surface area (Å²) < 4.78 is 4.85. The number of carbonyl (C=O) groups excluding carboxylic acids is 4. The van der Waals surface area contributed by atoms with Gasteiger partial charge in [0.1, 0.15) is 12.1 Å². The van der Waals surface area contributed by atoms with Gasteiger partial charge >= 0.3 is 5.97 Å². The molecule has 1 aromatic rings. The topological polar surface area (TPSA) is 143 Å². The summed E-state index contributed by atoms with van der Waals surface area (Å²) in [5, 5.41) is 8.71. The molecule has 0 radical (unpaired) electrons. The van der Waals surface area contributed by atoms with E-state index in [1.54, 1.807) is 6.92 Å². The van der Waals surface area contributed by atoms with Crippen molar-refractivity contribution in [2.75, 3.05) is 20.2 Å². The fourth-order valence-electron chi connectivity index (χ4n) is 5.14. The van der Waals surface area contributed by atoms with Gasteiger partial charge < -0.3 is 26.4 Å². The Kier molecular flexibility index (Phi) is 13.7. The first-order valence-electron chi connectivity index (χ1n) is 15.0. The Hall–Kier alpha value is -3.24. The molecule has 5 N–H and O–H groups in total. The minimum absolute atomic E-state index is 0.103. The van der Waals surface area contributed by atoms with Gasteiger partial charge in [-0.05, 0) is 56.9 Å². The molecule has 10 heteroatoms. The summed E-state index contributed by atoms with van der Waals surface area (Å²) in [7, 11) is 1.28. The second-order valence-electron chi connectivity index (χ2n) is 12.1. The van der Waals surface area contributed by atoms with Crippen LogP contribution < -0.4 is 21.7 Å². The van der Waals surface area contributed by atoms with E-state index in [1.807, 2.05) is 59.7 Å². The van der Waals surface area contributed by atoms with Crippen LogP contribution in [-0.2, 0) is 30.3 Å². The van der Waals surface area contributed by atoms with Gasteiger partial charge in [0.25, 0.3) is 0 Å². The van der Waals surface area contributed by atoms with Crippen molar-refractivity contribution in [2.45, 2.75) is 91.5 Å². The zero-order chi connectivity index (χ0) is 31.6. The van der Waals surface area contributed by atoms with Gasteiger partial charge in [-0.2, -0.15) is 0 Å². The number of benzene rings is 1. The van der Waals surface area contributed by atoms with E-state index in [2.05, 4.69) is 39.1 Å². The number of nitrogens with zero attached hydrogens (tertiary/aromatic N) is 1. The maximum absolute atomic E-state index is 13.6. The minimum atomic E-state index is -0.819. The summed E-state index contributed by atoms with van der Waals surface area (Å²) >= 11 is 0. The molecule has 0 aliphatic carbocycles. The monoisotopic (exact) mass is 585 g/mol. The van der Waals surface area contributed by atoms with Crippen molar-refractivity contribution in [3.63, 3.8) is 0 Å². The average Bonchev–Trinajstić information content (AvgIpc) is 3.16. The number of nitrogens with one attached hydrogen (secondary N) is 3. The summed E-state index contributed by atoms with van der Waals surface area (Å²) in [4.78, 5) is 53.4. The second kappa shape index (κ2) is 16.4. The molecule has 0 saturated carbocycles. The number of ether oxygens (including phenoxy) is 1. The number of nitrogens with two attached hydrogens (primary N) is 1. The van der Waals surface area contributed by atoms with Crippen LogP contribution in [0.25, 0.3) is 0 Å². The summed E-state index contributed by atoms with van der Waals surface area (Å²) in [5.74, 6) is -1.69. The zero-order valence-corrected chi connectivity index (χ0v) is 26.5. The number of carbonyl (C=O) groups is 4. The van der Waals surface area contributed by atoms with Crippen LogP contribution in [-0.4, -0.2) is 79.0 Å². The lowest BCUT2D eigenvalue weighted by Gasteiger charge is -2.32. The van der Waals surface area contributed by atoms with Crippen LogP contribution in [0.3, 0.4) is 0 Å². The van der Waals surface area contributed by atoms with Crippen LogP contribution in [0, 0.1) is 17.8 Å². The fraction of sp³-hybridized carbons (Fsp3) is 0.625. The van der Waals surface area contributed by atoms with E-state index < -0.39 is 36.0 Å². The molecule has 1 aliphatic rings. The zero-order valence-electron chi connectivity index (χ0n) is 26.5. The highest BCUT2D eigenvalue weighted by Crippen LogP contribution is 2.23. The van der Waals surface area contributed by atoms with Crippen molar-refractivity contribution < 1.29 is 23.9 Å². The van der Waals surface area contributed by atoms with Crippen molar-refractivity contribution in [2.24, 2.45) is 23.5 Å². The van der Waals surface area contributed by atoms with Gasteiger partial charge in [0, 0.05) is 19.1 Å². The molecule has 42 heavy (non-hydrogen) atoms. The van der Waals surface area contributed by atoms with Gasteiger partial charge in [-0.25, -0.2) is 4.79 Å². The second-order valence-corrected chi connectivity index (χ2v) is 12.1. The van der Waals surface area contributed by atoms with Crippen LogP contribution >= 0.6 is 0 Å². The normalized spacial score (nSPS) is 19.5. The molecule has 0 fully saturated rings. The molecular formula is C32H51N5O5. The standard InChI is InChI=1S/C32H51N5O5/c1-19(2)27(31(40)36-28(20(3)4)32(41)42-8)35-30(39)23(7)37-15-14-26(22(6)34-29(38)21(5)33)17-25(18-37)16-24-12-10-9-11-13-24/h9-13,17,19-23,25,27-28H,14-16,18,33H2,1-8H3,(H,34,38)(H,35,39)(H,36,40)/t21-,22?,23?,25?,27-,28-/m0/s1. The number of hydrogen-bond acceptors (Lipinski definition) is 7. The van der Waals surface area contributed by atoms with Crippen LogP contribution in [0.5, 0.6) is 0 Å². The Morgan fingerprint density at radius 2 is 1.48 bits per heavy atom. The molecule has 0 saturated heterocycles. The Balaban J connectivity index is 2.21. The lowest BCUT2D eigenvalue weighted by atomic mass is 9.94. The van der Waals surface area contributed by atoms with Crippen LogP contribution in [0.1, 0.15) is 60.5 Å². The maximum atomic E-state index is 13.6. The third-order valence-corrected chi connectivity index (χ3v) is 7.87. The summed E-state index contributed by atoms with van der Waals surface area (Å²) in [6.45, 7) is 14.1. The van der Waals surface area contributed by atoms with E-state index in [-0.39, 0.29) is 35.6 Å². The Bertz CT molecular complexity index is 1090. The van der Waals surface area contributed by atoms with Crippen molar-refractivity contribution in [1.82, 2.24) is 20.9 Å². The Labute approximate surface area is 251 Å². The van der Waals surface area contributed by atoms with Crippen molar-refractivity contribution >= 4 is 23.7 Å². The van der Waals surface area contributed by atoms with Gasteiger partial charge in [0.05, 0.1) is 19.2 Å². The molecule has 234 valence electrons. The molecule has 2 rings (SSSR count). The quantitative estimate of drug-likeness (QED) is 0.205. The Morgan fingerprint density at radius 3 is 2.02 bits per heavy atom. The molecule has 3 unspecified atom stereocenters. The number of methoxy groups -OCH3 is 1. The van der Waals surface area contributed by atoms with Gasteiger partial charge in [-0.1, -0.05) is 69.7 Å². The van der Waals surface area contributed by atoms with Gasteiger partial charge in [0.15, 0.2) is 0 Å². The molecule has 0 bridgehead atoms. The fourth-order valence-corrected chi connectivity index (χ4v) is 5.14. The highest BCUT2D eigenvalue weighted by Gasteiger charge is 2.34. The first-order valence-corrected chi connectivity index (χ1v) is 15.0. The molecule has 1 heterocycles. The Morgan fingerprint density at radius 1 is 0.881 bits per heavy atom. The van der Waals surface area contributed by atoms with E-state index in [1.165, 1.54) is 12.7 Å². The predicted molar refractivity (Wildman–Crippen MR) is 164 cm³/mol. The summed E-state index contributed by atoms with van der Waals surface area (Å²) in [5.41, 5.74) is 8.06. The molecule has 1 aliphatic heterocycles. The van der Waals surface area contributed by atoms with E-state index in [9.17, 15) is 19.2 Å². The van der Waals surface area contributed by atoms with Crippen molar-refractivity contribution in [3.8, 4) is 0 Å². The number of hydrogen-bond donors (Lipinski definition) is 4. The van der Waals surface area contributed by atoms with Crippen LogP contribution in [0.2, 0.25) is 0 Å².